The second-order valence-corrected chi connectivity index (χ2v) is 3.69. The van der Waals surface area contributed by atoms with E-state index in [0.29, 0.717) is 18.7 Å². The Hall–Kier alpha value is -2.39. The van der Waals surface area contributed by atoms with Crippen molar-refractivity contribution in [2.45, 2.75) is 6.42 Å². The van der Waals surface area contributed by atoms with E-state index in [-0.39, 0.29) is 6.54 Å². The lowest BCUT2D eigenvalue weighted by Crippen LogP contribution is -2.35. The zero-order chi connectivity index (χ0) is 14.1. The monoisotopic (exact) mass is 261 g/mol. The molecular formula is C13H15N3O3. The third-order valence-corrected chi connectivity index (χ3v) is 2.38. The number of para-hydroxylation sites is 1. The minimum Gasteiger partial charge on any atom is -0.384 e. The number of nitriles is 1. The molecule has 0 aliphatic carbocycles. The number of ether oxygens (including phenoxy) is 1. The average molecular weight is 261 g/mol. The molecule has 6 nitrogen and oxygen atoms in total. The minimum atomic E-state index is -0.830. The number of benzene rings is 1. The van der Waals surface area contributed by atoms with Gasteiger partial charge in [0.05, 0.1) is 12.7 Å². The molecule has 1 aromatic carbocycles. The van der Waals surface area contributed by atoms with Crippen LogP contribution in [0.1, 0.15) is 5.56 Å². The summed E-state index contributed by atoms with van der Waals surface area (Å²) in [5.41, 5.74) is 1.45. The van der Waals surface area contributed by atoms with Gasteiger partial charge in [-0.3, -0.25) is 9.59 Å². The molecule has 2 N–H and O–H groups in total. The second kappa shape index (κ2) is 7.84. The van der Waals surface area contributed by atoms with E-state index in [1.165, 1.54) is 0 Å². The molecule has 0 radical (unpaired) electrons. The lowest BCUT2D eigenvalue weighted by Gasteiger charge is -2.10. The molecule has 100 valence electrons. The molecule has 0 atom stereocenters. The van der Waals surface area contributed by atoms with Gasteiger partial charge >= 0.3 is 11.8 Å². The maximum Gasteiger partial charge on any atom is 0.313 e. The van der Waals surface area contributed by atoms with Crippen LogP contribution in [0, 0.1) is 11.3 Å². The molecule has 0 fully saturated rings. The molecule has 0 aliphatic rings. The summed E-state index contributed by atoms with van der Waals surface area (Å²) in [5.74, 6) is -1.62. The number of nitrogens with one attached hydrogen (secondary N) is 2. The Labute approximate surface area is 111 Å². The number of methoxy groups -OCH3 is 1. The standard InChI is InChI=1S/C13H15N3O3/c1-19-9-6-10-4-2-3-5-11(10)16-13(18)12(17)15-8-7-14/h2-5H,6,8-9H2,1H3,(H,15,17)(H,16,18). The smallest absolute Gasteiger partial charge is 0.313 e. The van der Waals surface area contributed by atoms with Crippen molar-refractivity contribution >= 4 is 17.5 Å². The predicted molar refractivity (Wildman–Crippen MR) is 69.3 cm³/mol. The molecule has 2 amide bonds. The van der Waals surface area contributed by atoms with Crippen molar-refractivity contribution in [1.82, 2.24) is 5.32 Å². The number of nitrogens with zero attached hydrogens (tertiary/aromatic N) is 1. The van der Waals surface area contributed by atoms with Crippen LogP contribution in [-0.4, -0.2) is 32.1 Å². The summed E-state index contributed by atoms with van der Waals surface area (Å²) in [7, 11) is 1.59. The molecule has 0 heterocycles. The Morgan fingerprint density at radius 1 is 1.32 bits per heavy atom. The van der Waals surface area contributed by atoms with Crippen molar-refractivity contribution in [1.29, 1.82) is 5.26 Å². The molecule has 0 spiro atoms. The van der Waals surface area contributed by atoms with Gasteiger partial charge in [0.15, 0.2) is 0 Å². The average Bonchev–Trinajstić information content (AvgIpc) is 2.43. The topological polar surface area (TPSA) is 91.2 Å². The molecule has 0 saturated heterocycles. The van der Waals surface area contributed by atoms with Crippen molar-refractivity contribution in [3.05, 3.63) is 29.8 Å². The molecule has 1 aromatic rings. The number of carbonyl (C=O) groups is 2. The number of hydrogen-bond donors (Lipinski definition) is 2. The summed E-state index contributed by atoms with van der Waals surface area (Å²) < 4.78 is 4.98. The van der Waals surface area contributed by atoms with Crippen LogP contribution in [0.25, 0.3) is 0 Å². The number of anilines is 1. The van der Waals surface area contributed by atoms with Gasteiger partial charge in [0.1, 0.15) is 6.54 Å². The summed E-state index contributed by atoms with van der Waals surface area (Å²) >= 11 is 0. The molecule has 0 aromatic heterocycles. The quantitative estimate of drug-likeness (QED) is 0.595. The molecule has 0 bridgehead atoms. The third-order valence-electron chi connectivity index (χ3n) is 2.38. The Morgan fingerprint density at radius 3 is 2.74 bits per heavy atom. The maximum atomic E-state index is 11.6. The van der Waals surface area contributed by atoms with Crippen molar-refractivity contribution in [3.63, 3.8) is 0 Å². The molecule has 0 saturated carbocycles. The lowest BCUT2D eigenvalue weighted by molar-refractivity contribution is -0.136. The van der Waals surface area contributed by atoms with E-state index < -0.39 is 11.8 Å². The number of amides is 2. The zero-order valence-corrected chi connectivity index (χ0v) is 10.6. The van der Waals surface area contributed by atoms with Crippen LogP contribution < -0.4 is 10.6 Å². The SMILES string of the molecule is COCCc1ccccc1NC(=O)C(=O)NCC#N. The van der Waals surface area contributed by atoms with Gasteiger partial charge in [0, 0.05) is 12.8 Å². The highest BCUT2D eigenvalue weighted by atomic mass is 16.5. The zero-order valence-electron chi connectivity index (χ0n) is 10.6. The van der Waals surface area contributed by atoms with E-state index in [2.05, 4.69) is 10.6 Å². The molecule has 19 heavy (non-hydrogen) atoms. The van der Waals surface area contributed by atoms with Crippen LogP contribution in [0.3, 0.4) is 0 Å². The first-order valence-corrected chi connectivity index (χ1v) is 5.72. The van der Waals surface area contributed by atoms with E-state index in [9.17, 15) is 9.59 Å². The van der Waals surface area contributed by atoms with Crippen LogP contribution in [-0.2, 0) is 20.7 Å². The summed E-state index contributed by atoms with van der Waals surface area (Å²) in [5, 5.41) is 13.0. The molecule has 0 unspecified atom stereocenters. The van der Waals surface area contributed by atoms with Gasteiger partial charge in [-0.1, -0.05) is 18.2 Å². The van der Waals surface area contributed by atoms with Crippen LogP contribution >= 0.6 is 0 Å². The summed E-state index contributed by atoms with van der Waals surface area (Å²) in [6.07, 6.45) is 0.632. The van der Waals surface area contributed by atoms with E-state index in [0.717, 1.165) is 5.56 Å². The van der Waals surface area contributed by atoms with Crippen molar-refractivity contribution in [3.8, 4) is 6.07 Å². The predicted octanol–water partition coefficient (Wildman–Crippen LogP) is 0.454. The van der Waals surface area contributed by atoms with Gasteiger partial charge < -0.3 is 15.4 Å². The fourth-order valence-corrected chi connectivity index (χ4v) is 1.45. The van der Waals surface area contributed by atoms with Gasteiger partial charge in [-0.15, -0.1) is 0 Å². The lowest BCUT2D eigenvalue weighted by atomic mass is 10.1. The van der Waals surface area contributed by atoms with Gasteiger partial charge in [0.25, 0.3) is 0 Å². The van der Waals surface area contributed by atoms with E-state index in [1.807, 2.05) is 12.1 Å². The molecule has 0 aliphatic heterocycles. The minimum absolute atomic E-state index is 0.197. The largest absolute Gasteiger partial charge is 0.384 e. The summed E-state index contributed by atoms with van der Waals surface area (Å²) in [6, 6.07) is 8.89. The van der Waals surface area contributed by atoms with Gasteiger partial charge in [-0.05, 0) is 18.1 Å². The number of carbonyl (C=O) groups excluding carboxylic acids is 2. The van der Waals surface area contributed by atoms with E-state index in [1.54, 1.807) is 25.3 Å². The van der Waals surface area contributed by atoms with Crippen molar-refractivity contribution < 1.29 is 14.3 Å². The van der Waals surface area contributed by atoms with Crippen LogP contribution in [0.2, 0.25) is 0 Å². The fourth-order valence-electron chi connectivity index (χ4n) is 1.45. The summed E-state index contributed by atoms with van der Waals surface area (Å²) in [6.45, 7) is 0.324. The Kier molecular flexibility index (Phi) is 6.06. The third kappa shape index (κ3) is 4.77. The first-order chi connectivity index (χ1) is 9.19. The van der Waals surface area contributed by atoms with Crippen LogP contribution in [0.4, 0.5) is 5.69 Å². The van der Waals surface area contributed by atoms with Crippen molar-refractivity contribution in [2.75, 3.05) is 25.6 Å². The highest BCUT2D eigenvalue weighted by molar-refractivity contribution is 6.39. The Balaban J connectivity index is 2.68. The number of hydrogen-bond acceptors (Lipinski definition) is 4. The summed E-state index contributed by atoms with van der Waals surface area (Å²) in [4.78, 5) is 22.9. The maximum absolute atomic E-state index is 11.6. The highest BCUT2D eigenvalue weighted by Crippen LogP contribution is 2.15. The number of rotatable bonds is 5. The molecular weight excluding hydrogens is 246 g/mol. The van der Waals surface area contributed by atoms with Gasteiger partial charge in [0.2, 0.25) is 0 Å². The normalized spacial score (nSPS) is 9.47. The van der Waals surface area contributed by atoms with Crippen LogP contribution in [0.5, 0.6) is 0 Å². The fraction of sp³-hybridized carbons (Fsp3) is 0.308. The Morgan fingerprint density at radius 2 is 2.05 bits per heavy atom. The highest BCUT2D eigenvalue weighted by Gasteiger charge is 2.14. The van der Waals surface area contributed by atoms with Gasteiger partial charge in [-0.25, -0.2) is 0 Å². The first-order valence-electron chi connectivity index (χ1n) is 5.72. The second-order valence-electron chi connectivity index (χ2n) is 3.69. The van der Waals surface area contributed by atoms with E-state index in [4.69, 9.17) is 10.00 Å². The first kappa shape index (κ1) is 14.7. The molecule has 1 rings (SSSR count). The van der Waals surface area contributed by atoms with Crippen molar-refractivity contribution in [2.24, 2.45) is 0 Å². The van der Waals surface area contributed by atoms with Gasteiger partial charge in [-0.2, -0.15) is 5.26 Å². The van der Waals surface area contributed by atoms with E-state index >= 15 is 0 Å². The Bertz CT molecular complexity index is 494. The molecule has 6 heteroatoms. The van der Waals surface area contributed by atoms with Crippen LogP contribution in [0.15, 0.2) is 24.3 Å².